The molecule has 0 unspecified atom stereocenters. The first-order valence-corrected chi connectivity index (χ1v) is 9.44. The quantitative estimate of drug-likeness (QED) is 0.785. The van der Waals surface area contributed by atoms with Crippen molar-refractivity contribution in [3.05, 3.63) is 29.0 Å². The Kier molecular flexibility index (Phi) is 5.74. The van der Waals surface area contributed by atoms with E-state index in [4.69, 9.17) is 16.3 Å². The van der Waals surface area contributed by atoms with Crippen LogP contribution in [0.5, 0.6) is 0 Å². The van der Waals surface area contributed by atoms with E-state index >= 15 is 0 Å². The minimum absolute atomic E-state index is 0.0739. The van der Waals surface area contributed by atoms with Crippen molar-refractivity contribution in [2.75, 3.05) is 20.3 Å². The van der Waals surface area contributed by atoms with Gasteiger partial charge in [-0.3, -0.25) is 4.79 Å². The topological polar surface area (TPSA) is 76.4 Å². The monoisotopic (exact) mass is 397 g/mol. The maximum atomic E-state index is 14.0. The Morgan fingerprint density at radius 1 is 1.44 bits per heavy atom. The van der Waals surface area contributed by atoms with E-state index in [-0.39, 0.29) is 25.3 Å². The number of methoxy groups -OCH3 is 1. The first-order chi connectivity index (χ1) is 12.7. The van der Waals surface area contributed by atoms with Gasteiger partial charge in [0.15, 0.2) is 0 Å². The molecule has 1 aliphatic rings. The third-order valence-corrected chi connectivity index (χ3v) is 5.60. The van der Waals surface area contributed by atoms with E-state index in [1.807, 2.05) is 4.57 Å². The molecule has 0 radical (unpaired) electrons. The van der Waals surface area contributed by atoms with Gasteiger partial charge in [-0.05, 0) is 38.7 Å². The molecule has 0 saturated heterocycles. The molecule has 2 aromatic rings. The van der Waals surface area contributed by atoms with Gasteiger partial charge in [-0.2, -0.15) is 0 Å². The number of nitrogens with zero attached hydrogens (tertiary/aromatic N) is 2. The summed E-state index contributed by atoms with van der Waals surface area (Å²) >= 11 is 6.31. The number of aromatic nitrogens is 2. The van der Waals surface area contributed by atoms with Crippen molar-refractivity contribution in [3.63, 3.8) is 0 Å². The molecule has 8 heteroatoms. The second-order valence-electron chi connectivity index (χ2n) is 7.54. The Morgan fingerprint density at radius 3 is 2.81 bits per heavy atom. The van der Waals surface area contributed by atoms with Crippen LogP contribution in [-0.2, 0) is 11.3 Å². The lowest BCUT2D eigenvalue weighted by atomic mass is 9.78. The van der Waals surface area contributed by atoms with E-state index in [9.17, 15) is 14.3 Å². The van der Waals surface area contributed by atoms with Crippen LogP contribution in [0.2, 0.25) is 5.02 Å². The fourth-order valence-electron chi connectivity index (χ4n) is 3.46. The minimum atomic E-state index is -1.25. The van der Waals surface area contributed by atoms with Gasteiger partial charge in [0.2, 0.25) is 0 Å². The van der Waals surface area contributed by atoms with Gasteiger partial charge in [0.05, 0.1) is 28.2 Å². The van der Waals surface area contributed by atoms with Crippen LogP contribution in [-0.4, -0.2) is 52.1 Å². The molecule has 0 atom stereocenters. The highest BCUT2D eigenvalue weighted by atomic mass is 35.5. The lowest BCUT2D eigenvalue weighted by molar-refractivity contribution is -0.0374. The molecule has 1 saturated carbocycles. The van der Waals surface area contributed by atoms with Crippen LogP contribution in [0.3, 0.4) is 0 Å². The molecule has 1 fully saturated rings. The number of amides is 1. The van der Waals surface area contributed by atoms with Gasteiger partial charge in [-0.1, -0.05) is 11.6 Å². The zero-order valence-electron chi connectivity index (χ0n) is 15.6. The smallest absolute Gasteiger partial charge is 0.253 e. The van der Waals surface area contributed by atoms with Gasteiger partial charge in [-0.15, -0.1) is 0 Å². The van der Waals surface area contributed by atoms with Crippen LogP contribution in [0.15, 0.2) is 18.5 Å². The predicted octanol–water partition coefficient (Wildman–Crippen LogP) is 3.10. The average Bonchev–Trinajstić information content (AvgIpc) is 3.01. The fourth-order valence-corrected chi connectivity index (χ4v) is 3.70. The summed E-state index contributed by atoms with van der Waals surface area (Å²) < 4.78 is 20.9. The lowest BCUT2D eigenvalue weighted by Crippen LogP contribution is -2.47. The van der Waals surface area contributed by atoms with E-state index < -0.39 is 11.3 Å². The van der Waals surface area contributed by atoms with Crippen LogP contribution in [0.4, 0.5) is 4.39 Å². The summed E-state index contributed by atoms with van der Waals surface area (Å²) in [7, 11) is 1.60. The van der Waals surface area contributed by atoms with Crippen molar-refractivity contribution < 1.29 is 19.0 Å². The number of alkyl halides is 1. The molecule has 1 amide bonds. The number of carbonyl (C=O) groups is 1. The standard InChI is InChI=1S/C19H25ClFN3O3/c1-18(21)4-6-19(26,7-5-18)12-23-17(25)13-11-24(9-10-27-2)16-15(13)14(20)3-8-22-16/h3,8,11,26H,4-7,9-10,12H2,1-2H3,(H,23,25). The number of carbonyl (C=O) groups excluding carboxylic acids is 1. The number of fused-ring (bicyclic) bond motifs is 1. The van der Waals surface area contributed by atoms with Crippen LogP contribution in [0.1, 0.15) is 43.0 Å². The summed E-state index contributed by atoms with van der Waals surface area (Å²) in [5.74, 6) is -0.340. The number of nitrogens with one attached hydrogen (secondary N) is 1. The number of hydrogen-bond donors (Lipinski definition) is 2. The van der Waals surface area contributed by atoms with Gasteiger partial charge >= 0.3 is 0 Å². The average molecular weight is 398 g/mol. The molecule has 1 aliphatic carbocycles. The molecular formula is C19H25ClFN3O3. The maximum Gasteiger partial charge on any atom is 0.253 e. The molecule has 2 heterocycles. The number of rotatable bonds is 6. The third-order valence-electron chi connectivity index (χ3n) is 5.29. The van der Waals surface area contributed by atoms with E-state index in [1.165, 1.54) is 0 Å². The molecule has 148 valence electrons. The SMILES string of the molecule is COCCn1cc(C(=O)NCC2(O)CCC(C)(F)CC2)c2c(Cl)ccnc21. The van der Waals surface area contributed by atoms with Gasteiger partial charge < -0.3 is 19.7 Å². The predicted molar refractivity (Wildman–Crippen MR) is 102 cm³/mol. The largest absolute Gasteiger partial charge is 0.388 e. The zero-order chi connectivity index (χ0) is 19.7. The molecule has 3 rings (SSSR count). The fraction of sp³-hybridized carbons (Fsp3) is 0.579. The summed E-state index contributed by atoms with van der Waals surface area (Å²) in [4.78, 5) is 17.1. The molecule has 27 heavy (non-hydrogen) atoms. The van der Waals surface area contributed by atoms with Crippen molar-refractivity contribution in [2.24, 2.45) is 0 Å². The molecule has 6 nitrogen and oxygen atoms in total. The number of hydrogen-bond acceptors (Lipinski definition) is 4. The molecule has 2 N–H and O–H groups in total. The molecular weight excluding hydrogens is 373 g/mol. The summed E-state index contributed by atoms with van der Waals surface area (Å²) in [6.45, 7) is 2.63. The van der Waals surface area contributed by atoms with E-state index in [2.05, 4.69) is 10.3 Å². The molecule has 0 bridgehead atoms. The molecule has 0 aliphatic heterocycles. The summed E-state index contributed by atoms with van der Waals surface area (Å²) in [5, 5.41) is 14.4. The summed E-state index contributed by atoms with van der Waals surface area (Å²) in [6, 6.07) is 1.64. The molecule has 0 spiro atoms. The Bertz CT molecular complexity index is 827. The number of pyridine rings is 1. The Morgan fingerprint density at radius 2 is 2.15 bits per heavy atom. The van der Waals surface area contributed by atoms with Crippen molar-refractivity contribution in [3.8, 4) is 0 Å². The number of halogens is 2. The van der Waals surface area contributed by atoms with Gasteiger partial charge in [0.1, 0.15) is 11.3 Å². The number of ether oxygens (including phenoxy) is 1. The van der Waals surface area contributed by atoms with E-state index in [1.54, 1.807) is 32.5 Å². The van der Waals surface area contributed by atoms with Crippen molar-refractivity contribution in [2.45, 2.75) is 50.4 Å². The second-order valence-corrected chi connectivity index (χ2v) is 7.95. The van der Waals surface area contributed by atoms with E-state index in [0.29, 0.717) is 47.6 Å². The highest BCUT2D eigenvalue weighted by Gasteiger charge is 2.39. The van der Waals surface area contributed by atoms with Gasteiger partial charge in [0.25, 0.3) is 5.91 Å². The second kappa shape index (κ2) is 7.73. The van der Waals surface area contributed by atoms with Crippen molar-refractivity contribution >= 4 is 28.5 Å². The van der Waals surface area contributed by atoms with Gasteiger partial charge in [0, 0.05) is 32.6 Å². The zero-order valence-corrected chi connectivity index (χ0v) is 16.4. The number of aliphatic hydroxyl groups is 1. The normalized spacial score (nSPS) is 25.7. The van der Waals surface area contributed by atoms with Gasteiger partial charge in [-0.25, -0.2) is 9.37 Å². The Balaban J connectivity index is 1.78. The highest BCUT2D eigenvalue weighted by Crippen LogP contribution is 2.37. The minimum Gasteiger partial charge on any atom is -0.388 e. The first kappa shape index (κ1) is 20.0. The lowest BCUT2D eigenvalue weighted by Gasteiger charge is -2.37. The van der Waals surface area contributed by atoms with E-state index in [0.717, 1.165) is 0 Å². The molecule has 2 aromatic heterocycles. The van der Waals surface area contributed by atoms with Crippen LogP contribution >= 0.6 is 11.6 Å². The Hall–Kier alpha value is -1.70. The van der Waals surface area contributed by atoms with Crippen molar-refractivity contribution in [1.29, 1.82) is 0 Å². The summed E-state index contributed by atoms with van der Waals surface area (Å²) in [5.41, 5.74) is -1.33. The van der Waals surface area contributed by atoms with Crippen LogP contribution < -0.4 is 5.32 Å². The Labute approximate surface area is 162 Å². The summed E-state index contributed by atoms with van der Waals surface area (Å²) in [6.07, 6.45) is 4.49. The van der Waals surface area contributed by atoms with Crippen molar-refractivity contribution in [1.82, 2.24) is 14.9 Å². The highest BCUT2D eigenvalue weighted by molar-refractivity contribution is 6.36. The maximum absolute atomic E-state index is 14.0. The first-order valence-electron chi connectivity index (χ1n) is 9.06. The third kappa shape index (κ3) is 4.42. The molecule has 0 aromatic carbocycles. The van der Waals surface area contributed by atoms with Crippen LogP contribution in [0, 0.1) is 0 Å². The van der Waals surface area contributed by atoms with Crippen LogP contribution in [0.25, 0.3) is 11.0 Å².